The van der Waals surface area contributed by atoms with Gasteiger partial charge in [0.2, 0.25) is 5.91 Å². The van der Waals surface area contributed by atoms with Crippen molar-refractivity contribution in [3.8, 4) is 11.5 Å². The number of nitrogens with zero attached hydrogens (tertiary/aromatic N) is 1. The molecule has 4 rings (SSSR count). The van der Waals surface area contributed by atoms with Gasteiger partial charge in [-0.05, 0) is 81.8 Å². The van der Waals surface area contributed by atoms with Gasteiger partial charge in [0.1, 0.15) is 6.54 Å². The summed E-state index contributed by atoms with van der Waals surface area (Å²) in [5.41, 5.74) is 1.65. The highest BCUT2D eigenvalue weighted by Crippen LogP contribution is 2.34. The summed E-state index contributed by atoms with van der Waals surface area (Å²) in [5.74, 6) is -0.823. The standard InChI is InChI=1S/C27H21BrClN3O6S/c1-37-22-11-16(7-10-21(22)38-15-25(34)31-18-8-9-19(28)20(29)13-18)12-23-26(35)32(27(36)39-23)14-24(33)30-17-5-3-2-4-6-17/h2-13H,14-15H2,1H3,(H,30,33)(H,31,34)/b23-12+. The monoisotopic (exact) mass is 629 g/mol. The average Bonchev–Trinajstić information content (AvgIpc) is 3.17. The molecule has 1 heterocycles. The van der Waals surface area contributed by atoms with Crippen molar-refractivity contribution >= 4 is 79.7 Å². The molecule has 200 valence electrons. The zero-order chi connectivity index (χ0) is 27.9. The van der Waals surface area contributed by atoms with Crippen LogP contribution < -0.4 is 20.1 Å². The van der Waals surface area contributed by atoms with E-state index >= 15 is 0 Å². The van der Waals surface area contributed by atoms with E-state index in [-0.39, 0.29) is 11.5 Å². The van der Waals surface area contributed by atoms with Crippen molar-refractivity contribution in [3.05, 3.63) is 86.7 Å². The topological polar surface area (TPSA) is 114 Å². The number of halogens is 2. The number of para-hydroxylation sites is 1. The third-order valence-corrected chi connectivity index (χ3v) is 7.42. The van der Waals surface area contributed by atoms with E-state index in [0.717, 1.165) is 16.7 Å². The molecule has 39 heavy (non-hydrogen) atoms. The lowest BCUT2D eigenvalue weighted by molar-refractivity contribution is -0.127. The van der Waals surface area contributed by atoms with E-state index in [1.54, 1.807) is 60.7 Å². The molecule has 1 aliphatic rings. The maximum atomic E-state index is 12.8. The number of thioether (sulfide) groups is 1. The van der Waals surface area contributed by atoms with Crippen LogP contribution in [-0.4, -0.2) is 48.1 Å². The fraction of sp³-hybridized carbons (Fsp3) is 0.111. The maximum Gasteiger partial charge on any atom is 0.294 e. The van der Waals surface area contributed by atoms with Gasteiger partial charge in [0.15, 0.2) is 18.1 Å². The number of carbonyl (C=O) groups excluding carboxylic acids is 4. The Hall–Kier alpha value is -3.80. The molecule has 12 heteroatoms. The number of carbonyl (C=O) groups is 4. The molecule has 3 aromatic carbocycles. The molecule has 0 aromatic heterocycles. The van der Waals surface area contributed by atoms with Crippen LogP contribution >= 0.6 is 39.3 Å². The molecule has 1 saturated heterocycles. The normalized spacial score (nSPS) is 13.9. The Morgan fingerprint density at radius 3 is 2.44 bits per heavy atom. The Morgan fingerprint density at radius 2 is 1.72 bits per heavy atom. The van der Waals surface area contributed by atoms with E-state index in [4.69, 9.17) is 21.1 Å². The molecular weight excluding hydrogens is 610 g/mol. The lowest BCUT2D eigenvalue weighted by atomic mass is 10.2. The molecule has 0 aliphatic carbocycles. The second kappa shape index (κ2) is 12.8. The summed E-state index contributed by atoms with van der Waals surface area (Å²) in [6, 6.07) is 18.6. The Labute approximate surface area is 241 Å². The van der Waals surface area contributed by atoms with Crippen molar-refractivity contribution in [1.82, 2.24) is 4.90 Å². The van der Waals surface area contributed by atoms with E-state index in [2.05, 4.69) is 26.6 Å². The summed E-state index contributed by atoms with van der Waals surface area (Å²) in [4.78, 5) is 50.9. The molecule has 1 fully saturated rings. The summed E-state index contributed by atoms with van der Waals surface area (Å²) < 4.78 is 11.7. The minimum atomic E-state index is -0.572. The predicted molar refractivity (Wildman–Crippen MR) is 154 cm³/mol. The number of benzene rings is 3. The number of amides is 4. The molecule has 0 radical (unpaired) electrons. The van der Waals surface area contributed by atoms with Gasteiger partial charge in [0, 0.05) is 15.8 Å². The zero-order valence-corrected chi connectivity index (χ0v) is 23.6. The molecule has 0 bridgehead atoms. The van der Waals surface area contributed by atoms with Crippen molar-refractivity contribution in [1.29, 1.82) is 0 Å². The van der Waals surface area contributed by atoms with Crippen LogP contribution in [0.25, 0.3) is 6.08 Å². The number of anilines is 2. The van der Waals surface area contributed by atoms with Crippen LogP contribution in [-0.2, 0) is 14.4 Å². The second-order valence-electron chi connectivity index (χ2n) is 8.06. The van der Waals surface area contributed by atoms with E-state index in [0.29, 0.717) is 37.9 Å². The van der Waals surface area contributed by atoms with Crippen molar-refractivity contribution in [3.63, 3.8) is 0 Å². The van der Waals surface area contributed by atoms with Gasteiger partial charge in [-0.15, -0.1) is 0 Å². The summed E-state index contributed by atoms with van der Waals surface area (Å²) >= 11 is 10.1. The summed E-state index contributed by atoms with van der Waals surface area (Å²) in [6.45, 7) is -0.686. The molecule has 0 spiro atoms. The maximum absolute atomic E-state index is 12.8. The lowest BCUT2D eigenvalue weighted by Gasteiger charge is -2.12. The van der Waals surface area contributed by atoms with Crippen molar-refractivity contribution in [2.24, 2.45) is 0 Å². The number of methoxy groups -OCH3 is 1. The van der Waals surface area contributed by atoms with Crippen LogP contribution in [0.2, 0.25) is 5.02 Å². The fourth-order valence-electron chi connectivity index (χ4n) is 3.46. The third kappa shape index (κ3) is 7.41. The van der Waals surface area contributed by atoms with Gasteiger partial charge < -0.3 is 20.1 Å². The van der Waals surface area contributed by atoms with E-state index in [1.165, 1.54) is 13.2 Å². The molecule has 1 aliphatic heterocycles. The van der Waals surface area contributed by atoms with Crippen LogP contribution in [0, 0.1) is 0 Å². The first kappa shape index (κ1) is 28.2. The number of rotatable bonds is 9. The average molecular weight is 631 g/mol. The minimum absolute atomic E-state index is 0.163. The van der Waals surface area contributed by atoms with Crippen LogP contribution in [0.3, 0.4) is 0 Å². The van der Waals surface area contributed by atoms with Gasteiger partial charge in [-0.25, -0.2) is 0 Å². The van der Waals surface area contributed by atoms with Gasteiger partial charge in [-0.2, -0.15) is 0 Å². The number of hydrogen-bond acceptors (Lipinski definition) is 7. The number of nitrogens with one attached hydrogen (secondary N) is 2. The van der Waals surface area contributed by atoms with Crippen molar-refractivity contribution in [2.45, 2.75) is 0 Å². The molecule has 0 unspecified atom stereocenters. The first-order valence-electron chi connectivity index (χ1n) is 11.4. The molecule has 3 aromatic rings. The number of imide groups is 1. The first-order chi connectivity index (χ1) is 18.7. The summed E-state index contributed by atoms with van der Waals surface area (Å²) in [6.07, 6.45) is 1.52. The largest absolute Gasteiger partial charge is 0.493 e. The molecule has 4 amide bonds. The highest BCUT2D eigenvalue weighted by Gasteiger charge is 2.36. The lowest BCUT2D eigenvalue weighted by Crippen LogP contribution is -2.36. The molecule has 0 saturated carbocycles. The molecule has 9 nitrogen and oxygen atoms in total. The van der Waals surface area contributed by atoms with Crippen LogP contribution in [0.4, 0.5) is 16.2 Å². The number of hydrogen-bond donors (Lipinski definition) is 2. The van der Waals surface area contributed by atoms with Crippen LogP contribution in [0.15, 0.2) is 76.1 Å². The second-order valence-corrected chi connectivity index (χ2v) is 10.3. The van der Waals surface area contributed by atoms with Crippen molar-refractivity contribution < 1.29 is 28.7 Å². The highest BCUT2D eigenvalue weighted by molar-refractivity contribution is 9.10. The summed E-state index contributed by atoms with van der Waals surface area (Å²) in [5, 5.41) is 5.26. The third-order valence-electron chi connectivity index (χ3n) is 5.28. The Morgan fingerprint density at radius 1 is 0.974 bits per heavy atom. The highest BCUT2D eigenvalue weighted by atomic mass is 79.9. The zero-order valence-electron chi connectivity index (χ0n) is 20.4. The van der Waals surface area contributed by atoms with Crippen molar-refractivity contribution in [2.75, 3.05) is 30.9 Å². The van der Waals surface area contributed by atoms with Gasteiger partial charge in [-0.3, -0.25) is 24.1 Å². The number of ether oxygens (including phenoxy) is 2. The summed E-state index contributed by atoms with van der Waals surface area (Å²) in [7, 11) is 1.44. The fourth-order valence-corrected chi connectivity index (χ4v) is 4.73. The van der Waals surface area contributed by atoms with Crippen LogP contribution in [0.5, 0.6) is 11.5 Å². The smallest absolute Gasteiger partial charge is 0.294 e. The van der Waals surface area contributed by atoms with Crippen LogP contribution in [0.1, 0.15) is 5.56 Å². The van der Waals surface area contributed by atoms with Gasteiger partial charge in [0.05, 0.1) is 17.0 Å². The molecular formula is C27H21BrClN3O6S. The molecule has 2 N–H and O–H groups in total. The quantitative estimate of drug-likeness (QED) is 0.287. The van der Waals surface area contributed by atoms with Gasteiger partial charge in [-0.1, -0.05) is 35.9 Å². The SMILES string of the molecule is COc1cc(/C=C2/SC(=O)N(CC(=O)Nc3ccccc3)C2=O)ccc1OCC(=O)Nc1ccc(Br)c(Cl)c1. The minimum Gasteiger partial charge on any atom is -0.493 e. The Kier molecular flexibility index (Phi) is 9.28. The Bertz CT molecular complexity index is 1470. The van der Waals surface area contributed by atoms with E-state index < -0.39 is 29.5 Å². The van der Waals surface area contributed by atoms with Gasteiger partial charge in [0.25, 0.3) is 17.1 Å². The predicted octanol–water partition coefficient (Wildman–Crippen LogP) is 5.80. The first-order valence-corrected chi connectivity index (χ1v) is 13.4. The van der Waals surface area contributed by atoms with Gasteiger partial charge >= 0.3 is 0 Å². The van der Waals surface area contributed by atoms with E-state index in [1.807, 2.05) is 6.07 Å². The van der Waals surface area contributed by atoms with E-state index in [9.17, 15) is 19.2 Å². The Balaban J connectivity index is 1.38. The molecule has 0 atom stereocenters.